The number of anilines is 1. The molecule has 0 saturated heterocycles. The van der Waals surface area contributed by atoms with E-state index in [2.05, 4.69) is 25.6 Å². The summed E-state index contributed by atoms with van der Waals surface area (Å²) >= 11 is 0. The van der Waals surface area contributed by atoms with Crippen LogP contribution in [0, 0.1) is 0 Å². The van der Waals surface area contributed by atoms with Gasteiger partial charge in [0.25, 0.3) is 5.91 Å². The number of amides is 1. The first kappa shape index (κ1) is 11.1. The summed E-state index contributed by atoms with van der Waals surface area (Å²) in [7, 11) is 1.78. The number of pyridine rings is 1. The molecule has 0 fully saturated rings. The maximum absolute atomic E-state index is 11.7. The van der Waals surface area contributed by atoms with Crippen molar-refractivity contribution in [2.24, 2.45) is 0 Å². The zero-order chi connectivity index (χ0) is 12.1. The molecule has 0 spiro atoms. The average Bonchev–Trinajstić information content (AvgIpc) is 2.89. The summed E-state index contributed by atoms with van der Waals surface area (Å²) in [6, 6.07) is 3.48. The molecule has 0 bridgehead atoms. The van der Waals surface area contributed by atoms with E-state index in [0.717, 1.165) is 11.5 Å². The summed E-state index contributed by atoms with van der Waals surface area (Å²) in [5.74, 6) is 0.574. The van der Waals surface area contributed by atoms with Crippen molar-refractivity contribution < 1.29 is 4.79 Å². The molecule has 17 heavy (non-hydrogen) atoms. The predicted molar refractivity (Wildman–Crippen MR) is 63.5 cm³/mol. The van der Waals surface area contributed by atoms with Gasteiger partial charge in [-0.2, -0.15) is 0 Å². The third-order valence-electron chi connectivity index (χ3n) is 2.28. The van der Waals surface area contributed by atoms with Gasteiger partial charge in [0.2, 0.25) is 0 Å². The van der Waals surface area contributed by atoms with Crippen LogP contribution in [0.5, 0.6) is 0 Å². The van der Waals surface area contributed by atoms with Gasteiger partial charge in [0, 0.05) is 19.4 Å². The Morgan fingerprint density at radius 3 is 2.88 bits per heavy atom. The molecule has 1 amide bonds. The van der Waals surface area contributed by atoms with E-state index < -0.39 is 0 Å². The number of aromatic nitrogens is 3. The summed E-state index contributed by atoms with van der Waals surface area (Å²) in [6.07, 6.45) is 4.78. The number of nitrogens with zero attached hydrogens (tertiary/aromatic N) is 2. The van der Waals surface area contributed by atoms with Crippen molar-refractivity contribution in [3.63, 3.8) is 0 Å². The van der Waals surface area contributed by atoms with Gasteiger partial charge in [-0.05, 0) is 12.1 Å². The number of carbonyl (C=O) groups is 1. The Kier molecular flexibility index (Phi) is 3.34. The normalized spacial score (nSPS) is 9.94. The predicted octanol–water partition coefficient (Wildman–Crippen LogP) is 0.776. The Labute approximate surface area is 98.5 Å². The molecule has 0 aliphatic heterocycles. The van der Waals surface area contributed by atoms with Crippen LogP contribution in [0.25, 0.3) is 0 Å². The van der Waals surface area contributed by atoms with E-state index in [0.29, 0.717) is 12.1 Å². The van der Waals surface area contributed by atoms with Gasteiger partial charge >= 0.3 is 0 Å². The number of carbonyl (C=O) groups excluding carboxylic acids is 1. The van der Waals surface area contributed by atoms with Gasteiger partial charge in [-0.3, -0.25) is 4.79 Å². The van der Waals surface area contributed by atoms with Gasteiger partial charge in [0.1, 0.15) is 5.82 Å². The van der Waals surface area contributed by atoms with Crippen LogP contribution >= 0.6 is 0 Å². The summed E-state index contributed by atoms with van der Waals surface area (Å²) in [5, 5.41) is 5.66. The largest absolute Gasteiger partial charge is 0.373 e. The summed E-state index contributed by atoms with van der Waals surface area (Å²) in [5.41, 5.74) is 1.39. The summed E-state index contributed by atoms with van der Waals surface area (Å²) in [6.45, 7) is 0.423. The summed E-state index contributed by atoms with van der Waals surface area (Å²) < 4.78 is 0. The highest BCUT2D eigenvalue weighted by Crippen LogP contribution is 2.04. The molecule has 2 rings (SSSR count). The van der Waals surface area contributed by atoms with Crippen molar-refractivity contribution in [3.05, 3.63) is 42.1 Å². The molecule has 88 valence electrons. The minimum Gasteiger partial charge on any atom is -0.373 e. The van der Waals surface area contributed by atoms with E-state index in [9.17, 15) is 4.79 Å². The zero-order valence-corrected chi connectivity index (χ0v) is 9.40. The molecule has 0 saturated carbocycles. The van der Waals surface area contributed by atoms with Crippen LogP contribution in [0.2, 0.25) is 0 Å². The molecule has 0 radical (unpaired) electrons. The quantitative estimate of drug-likeness (QED) is 0.726. The van der Waals surface area contributed by atoms with E-state index in [1.807, 2.05) is 0 Å². The summed E-state index contributed by atoms with van der Waals surface area (Å²) in [4.78, 5) is 22.6. The fourth-order valence-corrected chi connectivity index (χ4v) is 1.33. The van der Waals surface area contributed by atoms with Gasteiger partial charge in [-0.1, -0.05) is 0 Å². The minimum atomic E-state index is -0.158. The third-order valence-corrected chi connectivity index (χ3v) is 2.28. The Morgan fingerprint density at radius 1 is 1.41 bits per heavy atom. The molecule has 0 aliphatic rings. The van der Waals surface area contributed by atoms with Gasteiger partial charge in [-0.15, -0.1) is 0 Å². The molecule has 2 heterocycles. The van der Waals surface area contributed by atoms with Crippen molar-refractivity contribution in [1.82, 2.24) is 20.3 Å². The van der Waals surface area contributed by atoms with E-state index in [1.165, 1.54) is 6.20 Å². The van der Waals surface area contributed by atoms with Crippen molar-refractivity contribution in [2.45, 2.75) is 6.54 Å². The smallest absolute Gasteiger partial charge is 0.253 e. The molecule has 0 aromatic carbocycles. The lowest BCUT2D eigenvalue weighted by Crippen LogP contribution is -2.23. The number of rotatable bonds is 4. The van der Waals surface area contributed by atoms with E-state index in [-0.39, 0.29) is 5.91 Å². The highest BCUT2D eigenvalue weighted by molar-refractivity contribution is 5.93. The fourth-order valence-electron chi connectivity index (χ4n) is 1.33. The Hall–Kier alpha value is -2.37. The highest BCUT2D eigenvalue weighted by atomic mass is 16.1. The number of H-pyrrole nitrogens is 1. The van der Waals surface area contributed by atoms with Crippen molar-refractivity contribution in [3.8, 4) is 0 Å². The maximum atomic E-state index is 11.7. The van der Waals surface area contributed by atoms with Gasteiger partial charge in [0.15, 0.2) is 0 Å². The van der Waals surface area contributed by atoms with Crippen LogP contribution in [-0.2, 0) is 6.54 Å². The standard InChI is InChI=1S/C11H13N5O/c1-12-10-3-2-8(4-14-10)11(17)15-6-9-5-13-7-16-9/h2-5,7H,6H2,1H3,(H,12,14)(H,13,16)(H,15,17). The van der Waals surface area contributed by atoms with Crippen LogP contribution in [0.3, 0.4) is 0 Å². The van der Waals surface area contributed by atoms with Crippen LogP contribution < -0.4 is 10.6 Å². The topological polar surface area (TPSA) is 82.7 Å². The molecular formula is C11H13N5O. The third kappa shape index (κ3) is 2.81. The molecule has 0 atom stereocenters. The molecule has 2 aromatic heterocycles. The van der Waals surface area contributed by atoms with E-state index in [4.69, 9.17) is 0 Å². The fraction of sp³-hybridized carbons (Fsp3) is 0.182. The lowest BCUT2D eigenvalue weighted by Gasteiger charge is -2.04. The lowest BCUT2D eigenvalue weighted by atomic mass is 10.2. The molecule has 0 aliphatic carbocycles. The second-order valence-corrected chi connectivity index (χ2v) is 3.44. The second-order valence-electron chi connectivity index (χ2n) is 3.44. The van der Waals surface area contributed by atoms with Crippen molar-refractivity contribution in [1.29, 1.82) is 0 Å². The first-order chi connectivity index (χ1) is 8.29. The number of hydrogen-bond acceptors (Lipinski definition) is 4. The van der Waals surface area contributed by atoms with Gasteiger partial charge < -0.3 is 15.6 Å². The van der Waals surface area contributed by atoms with E-state index in [1.54, 1.807) is 31.7 Å². The Morgan fingerprint density at radius 2 is 2.29 bits per heavy atom. The van der Waals surface area contributed by atoms with Crippen LogP contribution in [0.4, 0.5) is 5.82 Å². The Balaban J connectivity index is 1.95. The number of aromatic amines is 1. The molecule has 0 unspecified atom stereocenters. The second kappa shape index (κ2) is 5.11. The van der Waals surface area contributed by atoms with Crippen LogP contribution in [0.15, 0.2) is 30.9 Å². The SMILES string of the molecule is CNc1ccc(C(=O)NCc2cnc[nH]2)cn1. The molecule has 6 nitrogen and oxygen atoms in total. The van der Waals surface area contributed by atoms with Crippen molar-refractivity contribution in [2.75, 3.05) is 12.4 Å². The van der Waals surface area contributed by atoms with Crippen LogP contribution in [0.1, 0.15) is 16.1 Å². The lowest BCUT2D eigenvalue weighted by molar-refractivity contribution is 0.0950. The first-order valence-electron chi connectivity index (χ1n) is 5.19. The zero-order valence-electron chi connectivity index (χ0n) is 9.40. The number of nitrogens with one attached hydrogen (secondary N) is 3. The maximum Gasteiger partial charge on any atom is 0.253 e. The van der Waals surface area contributed by atoms with Gasteiger partial charge in [-0.25, -0.2) is 9.97 Å². The molecule has 3 N–H and O–H groups in total. The molecular weight excluding hydrogens is 218 g/mol. The first-order valence-corrected chi connectivity index (χ1v) is 5.19. The van der Waals surface area contributed by atoms with Gasteiger partial charge in [0.05, 0.1) is 24.1 Å². The average molecular weight is 231 g/mol. The monoisotopic (exact) mass is 231 g/mol. The number of hydrogen-bond donors (Lipinski definition) is 3. The van der Waals surface area contributed by atoms with Crippen LogP contribution in [-0.4, -0.2) is 27.9 Å². The molecule has 2 aromatic rings. The van der Waals surface area contributed by atoms with E-state index >= 15 is 0 Å². The molecule has 6 heteroatoms. The van der Waals surface area contributed by atoms with Crippen molar-refractivity contribution >= 4 is 11.7 Å². The number of imidazole rings is 1. The Bertz CT molecular complexity index is 477. The minimum absolute atomic E-state index is 0.158. The highest BCUT2D eigenvalue weighted by Gasteiger charge is 2.05.